The summed E-state index contributed by atoms with van der Waals surface area (Å²) in [7, 11) is 0. The minimum atomic E-state index is -0.382. The lowest BCUT2D eigenvalue weighted by Crippen LogP contribution is -2.07. The molecule has 1 aromatic rings. The van der Waals surface area contributed by atoms with Crippen LogP contribution in [0.4, 0.5) is 0 Å². The van der Waals surface area contributed by atoms with Crippen LogP contribution in [0.3, 0.4) is 0 Å². The molecule has 0 saturated heterocycles. The Kier molecular flexibility index (Phi) is 2.98. The first-order valence-corrected chi connectivity index (χ1v) is 5.42. The fourth-order valence-corrected chi connectivity index (χ4v) is 1.79. The zero-order chi connectivity index (χ0) is 11.5. The van der Waals surface area contributed by atoms with Crippen molar-refractivity contribution >= 4 is 0 Å². The van der Waals surface area contributed by atoms with Crippen molar-refractivity contribution in [1.29, 1.82) is 0 Å². The van der Waals surface area contributed by atoms with Crippen molar-refractivity contribution in [2.24, 2.45) is 11.8 Å². The molecule has 1 N–H and O–H groups in total. The standard InChI is InChI=1S/C13H18O2/c1-10(14)13-7-12(13)9-15-8-11-5-3-2-4-6-11/h2-6,10,12-14H,7-9H2,1H3/t10-,12-,13+/m0/s1/i7D/t7-,10-,12-,13+. The van der Waals surface area contributed by atoms with Crippen molar-refractivity contribution in [3.8, 4) is 0 Å². The quantitative estimate of drug-likeness (QED) is 0.802. The van der Waals surface area contributed by atoms with Crippen LogP contribution in [0.1, 0.15) is 20.3 Å². The topological polar surface area (TPSA) is 29.5 Å². The summed E-state index contributed by atoms with van der Waals surface area (Å²) in [6.45, 7) is 2.93. The number of rotatable bonds is 5. The number of ether oxygens (including phenoxy) is 1. The van der Waals surface area contributed by atoms with Crippen LogP contribution >= 0.6 is 0 Å². The number of hydrogen-bond donors (Lipinski definition) is 1. The summed E-state index contributed by atoms with van der Waals surface area (Å²) in [5.41, 5.74) is 1.15. The lowest BCUT2D eigenvalue weighted by Gasteiger charge is -2.05. The molecule has 0 bridgehead atoms. The Morgan fingerprint density at radius 2 is 2.27 bits per heavy atom. The Morgan fingerprint density at radius 1 is 1.53 bits per heavy atom. The van der Waals surface area contributed by atoms with E-state index in [4.69, 9.17) is 6.11 Å². The highest BCUT2D eigenvalue weighted by atomic mass is 16.5. The monoisotopic (exact) mass is 207 g/mol. The fraction of sp³-hybridized carbons (Fsp3) is 0.538. The van der Waals surface area contributed by atoms with Gasteiger partial charge in [0.25, 0.3) is 0 Å². The van der Waals surface area contributed by atoms with Crippen molar-refractivity contribution in [3.63, 3.8) is 0 Å². The molecular weight excluding hydrogens is 188 g/mol. The first-order valence-electron chi connectivity index (χ1n) is 6.00. The minimum Gasteiger partial charge on any atom is -0.393 e. The largest absolute Gasteiger partial charge is 0.393 e. The molecule has 0 spiro atoms. The lowest BCUT2D eigenvalue weighted by molar-refractivity contribution is 0.0943. The van der Waals surface area contributed by atoms with Crippen molar-refractivity contribution in [2.45, 2.75) is 26.0 Å². The van der Waals surface area contributed by atoms with Crippen LogP contribution in [0.2, 0.25) is 0 Å². The van der Waals surface area contributed by atoms with E-state index in [0.717, 1.165) is 5.56 Å². The van der Waals surface area contributed by atoms with E-state index in [1.54, 1.807) is 6.92 Å². The van der Waals surface area contributed by atoms with Gasteiger partial charge in [-0.15, -0.1) is 0 Å². The van der Waals surface area contributed by atoms with Gasteiger partial charge in [0.15, 0.2) is 0 Å². The van der Waals surface area contributed by atoms with Crippen LogP contribution < -0.4 is 0 Å². The third kappa shape index (κ3) is 3.05. The third-order valence-electron chi connectivity index (χ3n) is 2.80. The van der Waals surface area contributed by atoms with Gasteiger partial charge in [0.2, 0.25) is 0 Å². The fourth-order valence-electron chi connectivity index (χ4n) is 1.79. The van der Waals surface area contributed by atoms with E-state index in [0.29, 0.717) is 13.2 Å². The Labute approximate surface area is 92.3 Å². The molecule has 2 nitrogen and oxygen atoms in total. The van der Waals surface area contributed by atoms with Crippen LogP contribution in [0.5, 0.6) is 0 Å². The Bertz CT molecular complexity index is 326. The zero-order valence-electron chi connectivity index (χ0n) is 9.97. The molecule has 1 aliphatic rings. The van der Waals surface area contributed by atoms with Crippen LogP contribution in [-0.2, 0) is 11.3 Å². The van der Waals surface area contributed by atoms with E-state index in [2.05, 4.69) is 0 Å². The van der Waals surface area contributed by atoms with Crippen molar-refractivity contribution in [1.82, 2.24) is 0 Å². The second-order valence-corrected chi connectivity index (χ2v) is 4.17. The van der Waals surface area contributed by atoms with Gasteiger partial charge in [-0.3, -0.25) is 0 Å². The van der Waals surface area contributed by atoms with Crippen molar-refractivity contribution in [2.75, 3.05) is 6.61 Å². The number of hydrogen-bond acceptors (Lipinski definition) is 2. The van der Waals surface area contributed by atoms with Gasteiger partial charge < -0.3 is 9.84 Å². The second-order valence-electron chi connectivity index (χ2n) is 4.17. The zero-order valence-corrected chi connectivity index (χ0v) is 8.97. The van der Waals surface area contributed by atoms with E-state index in [1.165, 1.54) is 0 Å². The van der Waals surface area contributed by atoms with Gasteiger partial charge in [-0.25, -0.2) is 0 Å². The molecule has 82 valence electrons. The molecule has 1 aromatic carbocycles. The van der Waals surface area contributed by atoms with Crippen LogP contribution in [0, 0.1) is 11.8 Å². The van der Waals surface area contributed by atoms with Crippen LogP contribution in [-0.4, -0.2) is 17.8 Å². The maximum atomic E-state index is 9.37. The highest BCUT2D eigenvalue weighted by molar-refractivity contribution is 5.13. The molecule has 1 saturated carbocycles. The molecule has 0 amide bonds. The average Bonchev–Trinajstić information content (AvgIpc) is 2.91. The molecule has 0 unspecified atom stereocenters. The lowest BCUT2D eigenvalue weighted by atomic mass is 10.2. The second kappa shape index (κ2) is 4.77. The first kappa shape index (κ1) is 9.37. The maximum Gasteiger partial charge on any atom is 0.0717 e. The van der Waals surface area contributed by atoms with Crippen LogP contribution in [0.15, 0.2) is 30.3 Å². The number of aliphatic hydroxyl groups excluding tert-OH is 1. The van der Waals surface area contributed by atoms with Crippen molar-refractivity contribution in [3.05, 3.63) is 35.9 Å². The Hall–Kier alpha value is -0.860. The molecule has 0 aliphatic heterocycles. The SMILES string of the molecule is [2H][C@H]1[C@@H](COCc2ccccc2)[C@H]1[C@H](C)O. The van der Waals surface area contributed by atoms with E-state index < -0.39 is 0 Å². The molecule has 0 aromatic heterocycles. The Morgan fingerprint density at radius 3 is 2.87 bits per heavy atom. The maximum absolute atomic E-state index is 9.37. The normalized spacial score (nSPS) is 32.1. The summed E-state index contributed by atoms with van der Waals surface area (Å²) in [5, 5.41) is 9.37. The van der Waals surface area contributed by atoms with Gasteiger partial charge in [-0.1, -0.05) is 30.3 Å². The predicted octanol–water partition coefficient (Wildman–Crippen LogP) is 2.22. The van der Waals surface area contributed by atoms with E-state index in [9.17, 15) is 5.11 Å². The molecule has 1 fully saturated rings. The molecule has 1 aliphatic carbocycles. The Balaban J connectivity index is 1.70. The van der Waals surface area contributed by atoms with Gasteiger partial charge in [-0.05, 0) is 30.7 Å². The molecule has 15 heavy (non-hydrogen) atoms. The number of benzene rings is 1. The summed E-state index contributed by atoms with van der Waals surface area (Å²) < 4.78 is 13.2. The van der Waals surface area contributed by atoms with E-state index in [1.807, 2.05) is 30.3 Å². The summed E-state index contributed by atoms with van der Waals surface area (Å²) in [4.78, 5) is 0. The van der Waals surface area contributed by atoms with Gasteiger partial charge in [0, 0.05) is 1.37 Å². The smallest absolute Gasteiger partial charge is 0.0717 e. The highest BCUT2D eigenvalue weighted by Gasteiger charge is 2.40. The summed E-state index contributed by atoms with van der Waals surface area (Å²) in [5.74, 6) is 0.319. The van der Waals surface area contributed by atoms with Crippen LogP contribution in [0.25, 0.3) is 0 Å². The van der Waals surface area contributed by atoms with Gasteiger partial charge >= 0.3 is 0 Å². The molecular formula is C13H18O2. The number of aliphatic hydroxyl groups is 1. The molecule has 4 atom stereocenters. The predicted molar refractivity (Wildman–Crippen MR) is 59.4 cm³/mol. The summed E-state index contributed by atoms with van der Waals surface area (Å²) in [6, 6.07) is 10.0. The third-order valence-corrected chi connectivity index (χ3v) is 2.80. The molecule has 2 rings (SSSR count). The summed E-state index contributed by atoms with van der Waals surface area (Å²) in [6.07, 6.45) is -0.524. The van der Waals surface area contributed by atoms with Gasteiger partial charge in [0.1, 0.15) is 0 Å². The van der Waals surface area contributed by atoms with Crippen molar-refractivity contribution < 1.29 is 11.2 Å². The minimum absolute atomic E-state index is 0.107. The summed E-state index contributed by atoms with van der Waals surface area (Å²) >= 11 is 0. The van der Waals surface area contributed by atoms with Gasteiger partial charge in [-0.2, -0.15) is 0 Å². The van der Waals surface area contributed by atoms with E-state index in [-0.39, 0.29) is 24.3 Å². The molecule has 2 heteroatoms. The van der Waals surface area contributed by atoms with Gasteiger partial charge in [0.05, 0.1) is 19.3 Å². The average molecular weight is 207 g/mol. The highest BCUT2D eigenvalue weighted by Crippen LogP contribution is 2.41. The van der Waals surface area contributed by atoms with E-state index >= 15 is 0 Å². The first-order chi connectivity index (χ1) is 7.70. The molecule has 0 heterocycles. The molecule has 0 radical (unpaired) electrons.